The second kappa shape index (κ2) is 41.9. The van der Waals surface area contributed by atoms with E-state index in [-0.39, 0.29) is 44.8 Å². The van der Waals surface area contributed by atoms with E-state index in [1.54, 1.807) is 6.92 Å². The summed E-state index contributed by atoms with van der Waals surface area (Å²) in [5.74, 6) is -0.894. The molecule has 0 bridgehead atoms. The SMILES string of the molecule is CCCCCCCCCCCCCCCCCC(=O)OCC(COP(=O)(O)OCCNC(=O)OC(C)COC(C)(C)C)OC(=O)CCCCCCCCCCCCCCCCC. The van der Waals surface area contributed by atoms with Crippen LogP contribution in [-0.2, 0) is 42.1 Å². The molecule has 0 saturated carbocycles. The molecule has 0 aromatic carbocycles. The van der Waals surface area contributed by atoms with E-state index in [0.29, 0.717) is 12.8 Å². The second-order valence-corrected chi connectivity index (χ2v) is 19.8. The molecule has 0 aliphatic rings. The van der Waals surface area contributed by atoms with Gasteiger partial charge in [-0.2, -0.15) is 0 Å². The molecule has 62 heavy (non-hydrogen) atoms. The monoisotopic (exact) mass is 906 g/mol. The van der Waals surface area contributed by atoms with Gasteiger partial charge in [-0.05, 0) is 40.5 Å². The minimum absolute atomic E-state index is 0.117. The molecule has 0 radical (unpaired) electrons. The smallest absolute Gasteiger partial charge is 0.462 e. The lowest BCUT2D eigenvalue weighted by atomic mass is 10.0. The van der Waals surface area contributed by atoms with E-state index in [4.69, 9.17) is 28.0 Å². The van der Waals surface area contributed by atoms with E-state index in [0.717, 1.165) is 38.5 Å². The van der Waals surface area contributed by atoms with Crippen LogP contribution in [0.4, 0.5) is 4.79 Å². The number of hydrogen-bond acceptors (Lipinski definition) is 10. The van der Waals surface area contributed by atoms with Crippen LogP contribution in [0.2, 0.25) is 0 Å². The first-order valence-corrected chi connectivity index (χ1v) is 26.8. The summed E-state index contributed by atoms with van der Waals surface area (Å²) >= 11 is 0. The summed E-state index contributed by atoms with van der Waals surface area (Å²) in [4.78, 5) is 47.7. The predicted molar refractivity (Wildman–Crippen MR) is 251 cm³/mol. The Morgan fingerprint density at radius 1 is 0.532 bits per heavy atom. The van der Waals surface area contributed by atoms with Crippen LogP contribution in [0.1, 0.15) is 247 Å². The molecule has 0 aliphatic carbocycles. The first-order chi connectivity index (χ1) is 29.8. The highest BCUT2D eigenvalue weighted by atomic mass is 31.2. The quantitative estimate of drug-likeness (QED) is 0.0259. The number of phosphoric ester groups is 1. The molecule has 0 heterocycles. The second-order valence-electron chi connectivity index (χ2n) is 18.4. The van der Waals surface area contributed by atoms with E-state index < -0.39 is 44.7 Å². The van der Waals surface area contributed by atoms with E-state index in [2.05, 4.69) is 19.2 Å². The molecule has 0 rings (SSSR count). The van der Waals surface area contributed by atoms with Crippen LogP contribution in [0.3, 0.4) is 0 Å². The summed E-state index contributed by atoms with van der Waals surface area (Å²) in [5, 5.41) is 2.45. The van der Waals surface area contributed by atoms with Crippen molar-refractivity contribution in [2.45, 2.75) is 265 Å². The van der Waals surface area contributed by atoms with Crippen molar-refractivity contribution in [2.75, 3.05) is 33.0 Å². The third-order valence-corrected chi connectivity index (χ3v) is 11.8. The van der Waals surface area contributed by atoms with Crippen molar-refractivity contribution in [2.24, 2.45) is 0 Å². The van der Waals surface area contributed by atoms with Crippen molar-refractivity contribution in [3.63, 3.8) is 0 Å². The number of alkyl carbamates (subject to hydrolysis) is 1. The van der Waals surface area contributed by atoms with Gasteiger partial charge in [0.15, 0.2) is 6.10 Å². The highest BCUT2D eigenvalue weighted by Gasteiger charge is 2.26. The van der Waals surface area contributed by atoms with Gasteiger partial charge in [-0.25, -0.2) is 9.36 Å². The molecule has 2 N–H and O–H groups in total. The molecule has 0 saturated heterocycles. The largest absolute Gasteiger partial charge is 0.472 e. The zero-order valence-corrected chi connectivity index (χ0v) is 41.7. The Bertz CT molecular complexity index is 1100. The van der Waals surface area contributed by atoms with Crippen LogP contribution < -0.4 is 5.32 Å². The van der Waals surface area contributed by atoms with Gasteiger partial charge < -0.3 is 29.2 Å². The maximum atomic E-state index is 12.8. The van der Waals surface area contributed by atoms with Gasteiger partial charge in [0.1, 0.15) is 12.7 Å². The average molecular weight is 906 g/mol. The summed E-state index contributed by atoms with van der Waals surface area (Å²) in [6, 6.07) is 0. The Morgan fingerprint density at radius 2 is 0.919 bits per heavy atom. The molecule has 3 unspecified atom stereocenters. The Balaban J connectivity index is 4.56. The molecule has 0 aromatic rings. The van der Waals surface area contributed by atoms with Gasteiger partial charge in [0.25, 0.3) is 0 Å². The number of rotatable bonds is 45. The molecule has 1 amide bonds. The summed E-state index contributed by atoms with van der Waals surface area (Å²) in [5.41, 5.74) is -0.375. The third kappa shape index (κ3) is 44.9. The fourth-order valence-electron chi connectivity index (χ4n) is 7.05. The molecule has 0 fully saturated rings. The van der Waals surface area contributed by atoms with Gasteiger partial charge in [-0.15, -0.1) is 0 Å². The molecule has 13 heteroatoms. The lowest BCUT2D eigenvalue weighted by molar-refractivity contribution is -0.161. The van der Waals surface area contributed by atoms with Crippen molar-refractivity contribution in [3.8, 4) is 0 Å². The number of carbonyl (C=O) groups excluding carboxylic acids is 3. The fraction of sp³-hybridized carbons (Fsp3) is 0.939. The summed E-state index contributed by atoms with van der Waals surface area (Å²) in [6.07, 6.45) is 34.9. The van der Waals surface area contributed by atoms with Crippen molar-refractivity contribution >= 4 is 25.9 Å². The van der Waals surface area contributed by atoms with Crippen molar-refractivity contribution in [3.05, 3.63) is 0 Å². The van der Waals surface area contributed by atoms with E-state index in [9.17, 15) is 23.8 Å². The molecular weight excluding hydrogens is 810 g/mol. The molecule has 0 aromatic heterocycles. The predicted octanol–water partition coefficient (Wildman–Crippen LogP) is 14.0. The highest BCUT2D eigenvalue weighted by Crippen LogP contribution is 2.43. The standard InChI is InChI=1S/C49H96NO11P/c1-7-9-11-13-15-17-19-21-23-25-27-29-31-33-35-37-46(51)56-42-45(43-59-62(54,55)58-40-39-50-48(53)60-44(3)41-57-49(4,5)6)61-47(52)38-36-34-32-30-28-26-24-22-20-18-16-14-12-10-8-2/h44-45H,7-43H2,1-6H3,(H,50,53)(H,54,55). The minimum atomic E-state index is -4.60. The lowest BCUT2D eigenvalue weighted by Crippen LogP contribution is -2.33. The van der Waals surface area contributed by atoms with Crippen LogP contribution in [0.25, 0.3) is 0 Å². The topological polar surface area (TPSA) is 156 Å². The van der Waals surface area contributed by atoms with Gasteiger partial charge >= 0.3 is 25.9 Å². The number of nitrogens with one attached hydrogen (secondary N) is 1. The molecular formula is C49H96NO11P. The maximum Gasteiger partial charge on any atom is 0.472 e. The fourth-order valence-corrected chi connectivity index (χ4v) is 7.81. The van der Waals surface area contributed by atoms with Crippen LogP contribution >= 0.6 is 7.82 Å². The van der Waals surface area contributed by atoms with Crippen LogP contribution in [0, 0.1) is 0 Å². The Labute approximate surface area is 379 Å². The number of amides is 1. The maximum absolute atomic E-state index is 12.8. The Hall–Kier alpha value is -1.72. The van der Waals surface area contributed by atoms with E-state index in [1.165, 1.54) is 141 Å². The first kappa shape index (κ1) is 60.3. The number of phosphoric acid groups is 1. The van der Waals surface area contributed by atoms with E-state index >= 15 is 0 Å². The zero-order valence-electron chi connectivity index (χ0n) is 40.8. The summed E-state index contributed by atoms with van der Waals surface area (Å²) in [6.45, 7) is 10.8. The lowest BCUT2D eigenvalue weighted by Gasteiger charge is -2.22. The van der Waals surface area contributed by atoms with Crippen LogP contribution in [-0.4, -0.2) is 73.7 Å². The van der Waals surface area contributed by atoms with Crippen molar-refractivity contribution in [1.82, 2.24) is 5.32 Å². The van der Waals surface area contributed by atoms with Crippen LogP contribution in [0.15, 0.2) is 0 Å². The van der Waals surface area contributed by atoms with Gasteiger partial charge in [0.05, 0.1) is 25.4 Å². The number of unbranched alkanes of at least 4 members (excludes halogenated alkanes) is 28. The van der Waals surface area contributed by atoms with Crippen molar-refractivity contribution < 1.29 is 51.8 Å². The number of hydrogen-bond donors (Lipinski definition) is 2. The molecule has 0 aliphatic heterocycles. The molecule has 12 nitrogen and oxygen atoms in total. The van der Waals surface area contributed by atoms with Gasteiger partial charge in [0, 0.05) is 19.4 Å². The van der Waals surface area contributed by atoms with Gasteiger partial charge in [-0.1, -0.05) is 194 Å². The molecule has 0 spiro atoms. The number of ether oxygens (including phenoxy) is 4. The first-order valence-electron chi connectivity index (χ1n) is 25.3. The Morgan fingerprint density at radius 3 is 1.32 bits per heavy atom. The van der Waals surface area contributed by atoms with Gasteiger partial charge in [0.2, 0.25) is 0 Å². The van der Waals surface area contributed by atoms with Crippen molar-refractivity contribution in [1.29, 1.82) is 0 Å². The summed E-state index contributed by atoms with van der Waals surface area (Å²) < 4.78 is 44.6. The number of carbonyl (C=O) groups is 3. The Kier molecular flexibility index (Phi) is 40.8. The van der Waals surface area contributed by atoms with Crippen LogP contribution in [0.5, 0.6) is 0 Å². The molecule has 368 valence electrons. The molecule has 3 atom stereocenters. The third-order valence-electron chi connectivity index (χ3n) is 10.8. The van der Waals surface area contributed by atoms with E-state index in [1.807, 2.05) is 20.8 Å². The minimum Gasteiger partial charge on any atom is -0.462 e. The highest BCUT2D eigenvalue weighted by molar-refractivity contribution is 7.47. The van der Waals surface area contributed by atoms with Gasteiger partial charge in [-0.3, -0.25) is 18.6 Å². The normalized spacial score (nSPS) is 13.7. The zero-order chi connectivity index (χ0) is 46.0. The summed E-state index contributed by atoms with van der Waals surface area (Å²) in [7, 11) is -4.60. The number of esters is 2. The average Bonchev–Trinajstić information content (AvgIpc) is 3.22.